The van der Waals surface area contributed by atoms with Gasteiger partial charge in [-0.05, 0) is 0 Å². The average molecular weight is 329 g/mol. The molecule has 3 rings (SSSR count). The highest BCUT2D eigenvalue weighted by molar-refractivity contribution is 7.46. The zero-order valence-electron chi connectivity index (χ0n) is 11.0. The van der Waals surface area contributed by atoms with Crippen LogP contribution in [-0.4, -0.2) is 48.3 Å². The largest absolute Gasteiger partial charge is 0.469 e. The topological polar surface area (TPSA) is 163 Å². The van der Waals surface area contributed by atoms with Gasteiger partial charge in [0.15, 0.2) is 11.5 Å². The normalized spacial score (nSPS) is 25.1. The minimum Gasteiger partial charge on any atom is -0.382 e. The maximum absolute atomic E-state index is 11.2. The van der Waals surface area contributed by atoms with E-state index in [1.165, 1.54) is 17.2 Å². The monoisotopic (exact) mass is 329 g/mol. The highest BCUT2D eigenvalue weighted by Crippen LogP contribution is 2.42. The Bertz CT molecular complexity index is 759. The van der Waals surface area contributed by atoms with Crippen molar-refractivity contribution in [2.24, 2.45) is 5.92 Å². The number of aromatic nitrogens is 4. The molecule has 0 amide bonds. The highest BCUT2D eigenvalue weighted by Gasteiger charge is 2.45. The van der Waals surface area contributed by atoms with Gasteiger partial charge >= 0.3 is 7.82 Å². The molecule has 2 aromatic heterocycles. The molecule has 0 aliphatic carbocycles. The van der Waals surface area contributed by atoms with Crippen LogP contribution in [0.5, 0.6) is 0 Å². The van der Waals surface area contributed by atoms with Gasteiger partial charge in [-0.2, -0.15) is 0 Å². The van der Waals surface area contributed by atoms with Crippen LogP contribution in [0.25, 0.3) is 11.2 Å². The second-order valence-corrected chi connectivity index (χ2v) is 5.89. The van der Waals surface area contributed by atoms with E-state index in [4.69, 9.17) is 20.3 Å². The lowest BCUT2D eigenvalue weighted by Crippen LogP contribution is -2.48. The number of aldehydes is 1. The van der Waals surface area contributed by atoms with E-state index in [-0.39, 0.29) is 5.82 Å². The Labute approximate surface area is 123 Å². The fourth-order valence-electron chi connectivity index (χ4n) is 2.24. The first kappa shape index (κ1) is 15.0. The quantitative estimate of drug-likeness (QED) is 0.469. The number of carbonyl (C=O) groups is 1. The second-order valence-electron chi connectivity index (χ2n) is 4.65. The number of hydrogen-bond acceptors (Lipinski definition) is 8. The summed E-state index contributed by atoms with van der Waals surface area (Å²) in [4.78, 5) is 40.5. The minimum atomic E-state index is -4.61. The Hall–Kier alpha value is -1.91. The molecule has 12 heteroatoms. The Balaban J connectivity index is 1.80. The second kappa shape index (κ2) is 5.38. The standard InChI is InChI=1S/C10H12N5O6P/c11-8-7-9(13-3-12-8)15(4-14-7)10-5(1-16)6(21-10)2-20-22(17,18)19/h1,3-6,10H,2H2,(H2,11,12,13)(H2,17,18,19)/t5-,6-,10-/m1/s1. The molecule has 1 fully saturated rings. The van der Waals surface area contributed by atoms with Gasteiger partial charge in [-0.25, -0.2) is 19.5 Å². The van der Waals surface area contributed by atoms with Crippen molar-refractivity contribution in [2.45, 2.75) is 12.3 Å². The van der Waals surface area contributed by atoms with E-state index < -0.39 is 32.7 Å². The van der Waals surface area contributed by atoms with E-state index in [0.29, 0.717) is 17.5 Å². The predicted molar refractivity (Wildman–Crippen MR) is 71.2 cm³/mol. The van der Waals surface area contributed by atoms with Crippen LogP contribution in [0.3, 0.4) is 0 Å². The van der Waals surface area contributed by atoms with Crippen LogP contribution < -0.4 is 5.73 Å². The summed E-state index contributed by atoms with van der Waals surface area (Å²) in [6.45, 7) is -0.395. The molecule has 1 saturated heterocycles. The molecule has 1 aliphatic heterocycles. The molecule has 11 nitrogen and oxygen atoms in total. The summed E-state index contributed by atoms with van der Waals surface area (Å²) in [5.74, 6) is -0.452. The third kappa shape index (κ3) is 2.60. The van der Waals surface area contributed by atoms with Crippen LogP contribution in [0.2, 0.25) is 0 Å². The number of fused-ring (bicyclic) bond motifs is 1. The van der Waals surface area contributed by atoms with Crippen molar-refractivity contribution >= 4 is 31.1 Å². The Morgan fingerprint density at radius 3 is 2.91 bits per heavy atom. The molecule has 22 heavy (non-hydrogen) atoms. The van der Waals surface area contributed by atoms with Crippen LogP contribution in [-0.2, 0) is 18.6 Å². The predicted octanol–water partition coefficient (Wildman–Crippen LogP) is -0.770. The van der Waals surface area contributed by atoms with Crippen LogP contribution in [0.15, 0.2) is 12.7 Å². The van der Waals surface area contributed by atoms with Gasteiger partial charge in [0.25, 0.3) is 0 Å². The fourth-order valence-corrected chi connectivity index (χ4v) is 2.58. The van der Waals surface area contributed by atoms with Crippen LogP contribution in [0, 0.1) is 5.92 Å². The first-order valence-electron chi connectivity index (χ1n) is 6.14. The van der Waals surface area contributed by atoms with Crippen molar-refractivity contribution in [1.29, 1.82) is 0 Å². The van der Waals surface area contributed by atoms with E-state index in [1.54, 1.807) is 0 Å². The summed E-state index contributed by atoms with van der Waals surface area (Å²) >= 11 is 0. The SMILES string of the molecule is Nc1ncnc2c1ncn2[C@@H]1O[C@H](COP(=O)(O)O)[C@H]1C=O. The molecule has 0 saturated carbocycles. The van der Waals surface area contributed by atoms with Gasteiger partial charge in [-0.1, -0.05) is 0 Å². The third-order valence-corrected chi connectivity index (χ3v) is 3.78. The number of nitrogens with two attached hydrogens (primary N) is 1. The van der Waals surface area contributed by atoms with Crippen molar-refractivity contribution in [2.75, 3.05) is 12.3 Å². The molecule has 0 unspecified atom stereocenters. The van der Waals surface area contributed by atoms with Crippen LogP contribution in [0.1, 0.15) is 6.23 Å². The number of carbonyl (C=O) groups excluding carboxylic acids is 1. The summed E-state index contributed by atoms with van der Waals surface area (Å²) in [7, 11) is -4.61. The molecule has 2 aromatic rings. The molecule has 118 valence electrons. The number of phosphoric acid groups is 1. The number of anilines is 1. The molecule has 0 radical (unpaired) electrons. The van der Waals surface area contributed by atoms with Crippen molar-refractivity contribution in [1.82, 2.24) is 19.5 Å². The van der Waals surface area contributed by atoms with Gasteiger partial charge in [-0.3, -0.25) is 9.09 Å². The summed E-state index contributed by atoms with van der Waals surface area (Å²) in [6, 6.07) is 0. The summed E-state index contributed by atoms with van der Waals surface area (Å²) in [6.07, 6.45) is 1.86. The smallest absolute Gasteiger partial charge is 0.382 e. The Morgan fingerprint density at radius 1 is 1.45 bits per heavy atom. The van der Waals surface area contributed by atoms with Crippen LogP contribution in [0.4, 0.5) is 5.82 Å². The maximum atomic E-state index is 11.2. The number of hydrogen-bond donors (Lipinski definition) is 3. The van der Waals surface area contributed by atoms with E-state index in [0.717, 1.165) is 0 Å². The van der Waals surface area contributed by atoms with E-state index in [1.807, 2.05) is 0 Å². The first-order valence-corrected chi connectivity index (χ1v) is 7.67. The Morgan fingerprint density at radius 2 is 2.23 bits per heavy atom. The van der Waals surface area contributed by atoms with Crippen LogP contribution >= 0.6 is 7.82 Å². The van der Waals surface area contributed by atoms with E-state index in [2.05, 4.69) is 19.5 Å². The van der Waals surface area contributed by atoms with Gasteiger partial charge in [0.05, 0.1) is 25.0 Å². The highest BCUT2D eigenvalue weighted by atomic mass is 31.2. The number of phosphoric ester groups is 1. The third-order valence-electron chi connectivity index (χ3n) is 3.30. The molecule has 0 aromatic carbocycles. The zero-order valence-corrected chi connectivity index (χ0v) is 11.9. The van der Waals surface area contributed by atoms with Crippen molar-refractivity contribution in [3.63, 3.8) is 0 Å². The molecular weight excluding hydrogens is 317 g/mol. The zero-order chi connectivity index (χ0) is 15.9. The average Bonchev–Trinajstić information content (AvgIpc) is 2.82. The van der Waals surface area contributed by atoms with Crippen molar-refractivity contribution in [3.8, 4) is 0 Å². The lowest BCUT2D eigenvalue weighted by atomic mass is 9.96. The Kier molecular flexibility index (Phi) is 3.67. The molecule has 4 N–H and O–H groups in total. The van der Waals surface area contributed by atoms with E-state index in [9.17, 15) is 9.36 Å². The number of nitrogens with zero attached hydrogens (tertiary/aromatic N) is 4. The van der Waals surface area contributed by atoms with Gasteiger partial charge in [0, 0.05) is 0 Å². The van der Waals surface area contributed by atoms with Crippen molar-refractivity contribution < 1.29 is 28.4 Å². The summed E-state index contributed by atoms with van der Waals surface area (Å²) in [5.41, 5.74) is 6.46. The number of imidazole rings is 1. The lowest BCUT2D eigenvalue weighted by Gasteiger charge is -2.41. The summed E-state index contributed by atoms with van der Waals surface area (Å²) in [5, 5.41) is 0. The molecule has 1 aliphatic rings. The number of ether oxygens (including phenoxy) is 1. The number of rotatable bonds is 5. The van der Waals surface area contributed by atoms with Gasteiger partial charge in [-0.15, -0.1) is 0 Å². The molecule has 3 heterocycles. The lowest BCUT2D eigenvalue weighted by molar-refractivity contribution is -0.221. The molecular formula is C10H12N5O6P. The molecule has 0 spiro atoms. The van der Waals surface area contributed by atoms with Gasteiger partial charge in [0.1, 0.15) is 24.4 Å². The number of nitrogen functional groups attached to an aromatic ring is 1. The molecule has 0 bridgehead atoms. The first-order chi connectivity index (χ1) is 10.4. The maximum Gasteiger partial charge on any atom is 0.469 e. The minimum absolute atomic E-state index is 0.201. The summed E-state index contributed by atoms with van der Waals surface area (Å²) < 4.78 is 22.0. The molecule has 3 atom stereocenters. The van der Waals surface area contributed by atoms with Crippen molar-refractivity contribution in [3.05, 3.63) is 12.7 Å². The fraction of sp³-hybridized carbons (Fsp3) is 0.400. The van der Waals surface area contributed by atoms with Gasteiger partial charge in [0.2, 0.25) is 0 Å². The van der Waals surface area contributed by atoms with E-state index >= 15 is 0 Å². The van der Waals surface area contributed by atoms with Gasteiger partial charge < -0.3 is 25.1 Å².